The van der Waals surface area contributed by atoms with Crippen LogP contribution in [0, 0.1) is 11.3 Å². The predicted octanol–water partition coefficient (Wildman–Crippen LogP) is 1.10. The van der Waals surface area contributed by atoms with E-state index in [1.54, 1.807) is 13.8 Å². The van der Waals surface area contributed by atoms with E-state index in [1.807, 2.05) is 0 Å². The Bertz CT molecular complexity index is 326. The van der Waals surface area contributed by atoms with Crippen molar-refractivity contribution in [3.63, 3.8) is 0 Å². The van der Waals surface area contributed by atoms with Gasteiger partial charge in [0, 0.05) is 19.4 Å². The third kappa shape index (κ3) is 5.16. The molecule has 1 unspecified atom stereocenters. The molecular weight excluding hydrogens is 238 g/mol. The summed E-state index contributed by atoms with van der Waals surface area (Å²) >= 11 is 0. The van der Waals surface area contributed by atoms with Gasteiger partial charge in [-0.05, 0) is 19.3 Å². The molecule has 0 heterocycles. The second kappa shape index (κ2) is 6.98. The van der Waals surface area contributed by atoms with Crippen LogP contribution in [0.25, 0.3) is 0 Å². The Morgan fingerprint density at radius 1 is 1.22 bits per heavy atom. The Morgan fingerprint density at radius 3 is 2.17 bits per heavy atom. The zero-order chi connectivity index (χ0) is 14.3. The summed E-state index contributed by atoms with van der Waals surface area (Å²) in [5, 5.41) is 20.1. The fraction of sp³-hybridized carbons (Fsp3) is 0.750. The molecule has 0 bridgehead atoms. The SMILES string of the molecule is CC(C)C(C)(CC(=O)NCCCC(=O)O)C(=O)O. The van der Waals surface area contributed by atoms with Gasteiger partial charge >= 0.3 is 11.9 Å². The van der Waals surface area contributed by atoms with E-state index in [2.05, 4.69) is 5.32 Å². The number of hydrogen-bond donors (Lipinski definition) is 3. The van der Waals surface area contributed by atoms with Crippen molar-refractivity contribution in [2.45, 2.75) is 40.0 Å². The summed E-state index contributed by atoms with van der Waals surface area (Å²) in [6, 6.07) is 0. The van der Waals surface area contributed by atoms with E-state index in [1.165, 1.54) is 6.92 Å². The molecule has 0 spiro atoms. The number of carboxylic acids is 2. The molecule has 0 aliphatic heterocycles. The number of nitrogens with one attached hydrogen (secondary N) is 1. The zero-order valence-corrected chi connectivity index (χ0v) is 11.0. The first-order valence-electron chi connectivity index (χ1n) is 5.92. The molecule has 3 N–H and O–H groups in total. The van der Waals surface area contributed by atoms with Crippen LogP contribution in [0.2, 0.25) is 0 Å². The maximum Gasteiger partial charge on any atom is 0.310 e. The van der Waals surface area contributed by atoms with E-state index in [0.29, 0.717) is 6.42 Å². The summed E-state index contributed by atoms with van der Waals surface area (Å²) in [6.07, 6.45) is 0.222. The van der Waals surface area contributed by atoms with Crippen LogP contribution < -0.4 is 5.32 Å². The predicted molar refractivity (Wildman–Crippen MR) is 65.1 cm³/mol. The van der Waals surface area contributed by atoms with Crippen LogP contribution in [0.1, 0.15) is 40.0 Å². The monoisotopic (exact) mass is 259 g/mol. The largest absolute Gasteiger partial charge is 0.481 e. The second-order valence-electron chi connectivity index (χ2n) is 4.90. The normalized spacial score (nSPS) is 14.0. The summed E-state index contributed by atoms with van der Waals surface area (Å²) in [7, 11) is 0. The van der Waals surface area contributed by atoms with Crippen molar-refractivity contribution in [3.8, 4) is 0 Å². The molecular formula is C12H21NO5. The number of aliphatic carboxylic acids is 2. The van der Waals surface area contributed by atoms with Crippen molar-refractivity contribution in [2.24, 2.45) is 11.3 Å². The number of amides is 1. The lowest BCUT2D eigenvalue weighted by Crippen LogP contribution is -2.39. The number of carboxylic acid groups (broad SMARTS) is 2. The molecule has 0 fully saturated rings. The van der Waals surface area contributed by atoms with Crippen molar-refractivity contribution in [1.82, 2.24) is 5.32 Å². The molecule has 0 rings (SSSR count). The molecule has 0 aromatic carbocycles. The first-order chi connectivity index (χ1) is 8.20. The van der Waals surface area contributed by atoms with E-state index >= 15 is 0 Å². The first kappa shape index (κ1) is 16.4. The highest BCUT2D eigenvalue weighted by Crippen LogP contribution is 2.31. The van der Waals surface area contributed by atoms with Crippen LogP contribution in [0.5, 0.6) is 0 Å². The molecule has 6 heteroatoms. The maximum atomic E-state index is 11.6. The average Bonchev–Trinajstić information content (AvgIpc) is 2.23. The van der Waals surface area contributed by atoms with Gasteiger partial charge in [0.25, 0.3) is 0 Å². The average molecular weight is 259 g/mol. The highest BCUT2D eigenvalue weighted by molar-refractivity contribution is 5.84. The lowest BCUT2D eigenvalue weighted by atomic mass is 9.76. The van der Waals surface area contributed by atoms with Crippen LogP contribution in [0.15, 0.2) is 0 Å². The second-order valence-corrected chi connectivity index (χ2v) is 4.90. The summed E-state index contributed by atoms with van der Waals surface area (Å²) < 4.78 is 0. The summed E-state index contributed by atoms with van der Waals surface area (Å²) in [4.78, 5) is 33.0. The Hall–Kier alpha value is -1.59. The quantitative estimate of drug-likeness (QED) is 0.566. The first-order valence-corrected chi connectivity index (χ1v) is 5.92. The Balaban J connectivity index is 4.20. The third-order valence-corrected chi connectivity index (χ3v) is 3.18. The zero-order valence-electron chi connectivity index (χ0n) is 11.0. The summed E-state index contributed by atoms with van der Waals surface area (Å²) in [5.74, 6) is -2.45. The van der Waals surface area contributed by atoms with E-state index < -0.39 is 17.4 Å². The molecule has 0 aliphatic rings. The van der Waals surface area contributed by atoms with Crippen LogP contribution >= 0.6 is 0 Å². The Morgan fingerprint density at radius 2 is 1.78 bits per heavy atom. The number of carbonyl (C=O) groups is 3. The van der Waals surface area contributed by atoms with E-state index in [4.69, 9.17) is 10.2 Å². The van der Waals surface area contributed by atoms with Gasteiger partial charge in [0.05, 0.1) is 5.41 Å². The van der Waals surface area contributed by atoms with Gasteiger partial charge in [-0.15, -0.1) is 0 Å². The lowest BCUT2D eigenvalue weighted by molar-refractivity contribution is -0.153. The molecule has 0 aliphatic carbocycles. The van der Waals surface area contributed by atoms with Crippen LogP contribution in [0.3, 0.4) is 0 Å². The molecule has 0 saturated carbocycles. The Labute approximate surface area is 106 Å². The number of hydrogen-bond acceptors (Lipinski definition) is 3. The van der Waals surface area contributed by atoms with Gasteiger partial charge in [0.2, 0.25) is 5.91 Å². The van der Waals surface area contributed by atoms with E-state index in [-0.39, 0.29) is 31.2 Å². The van der Waals surface area contributed by atoms with Crippen molar-refractivity contribution in [2.75, 3.05) is 6.54 Å². The minimum Gasteiger partial charge on any atom is -0.481 e. The van der Waals surface area contributed by atoms with Gasteiger partial charge in [-0.25, -0.2) is 0 Å². The smallest absolute Gasteiger partial charge is 0.310 e. The maximum absolute atomic E-state index is 11.6. The van der Waals surface area contributed by atoms with E-state index in [9.17, 15) is 14.4 Å². The van der Waals surface area contributed by atoms with Gasteiger partial charge in [0.1, 0.15) is 0 Å². The minimum absolute atomic E-state index is 0.0132. The molecule has 0 aromatic heterocycles. The Kier molecular flexibility index (Phi) is 6.36. The molecule has 0 aromatic rings. The molecule has 104 valence electrons. The fourth-order valence-corrected chi connectivity index (χ4v) is 1.39. The minimum atomic E-state index is -1.10. The van der Waals surface area contributed by atoms with Crippen LogP contribution in [-0.2, 0) is 14.4 Å². The van der Waals surface area contributed by atoms with Gasteiger partial charge in [-0.3, -0.25) is 14.4 Å². The van der Waals surface area contributed by atoms with Gasteiger partial charge < -0.3 is 15.5 Å². The van der Waals surface area contributed by atoms with Crippen molar-refractivity contribution < 1.29 is 24.6 Å². The van der Waals surface area contributed by atoms with Crippen molar-refractivity contribution >= 4 is 17.8 Å². The fourth-order valence-electron chi connectivity index (χ4n) is 1.39. The number of carbonyl (C=O) groups excluding carboxylic acids is 1. The highest BCUT2D eigenvalue weighted by Gasteiger charge is 2.38. The lowest BCUT2D eigenvalue weighted by Gasteiger charge is -2.28. The molecule has 1 amide bonds. The molecule has 1 atom stereocenters. The van der Waals surface area contributed by atoms with Crippen molar-refractivity contribution in [1.29, 1.82) is 0 Å². The topological polar surface area (TPSA) is 104 Å². The van der Waals surface area contributed by atoms with Crippen LogP contribution in [-0.4, -0.2) is 34.6 Å². The van der Waals surface area contributed by atoms with E-state index in [0.717, 1.165) is 0 Å². The molecule has 6 nitrogen and oxygen atoms in total. The number of rotatable bonds is 8. The highest BCUT2D eigenvalue weighted by atomic mass is 16.4. The van der Waals surface area contributed by atoms with Gasteiger partial charge in [-0.1, -0.05) is 13.8 Å². The standard InChI is InChI=1S/C12H21NO5/c1-8(2)12(3,11(17)18)7-9(14)13-6-4-5-10(15)16/h8H,4-7H2,1-3H3,(H,13,14)(H,15,16)(H,17,18). The van der Waals surface area contributed by atoms with Gasteiger partial charge in [-0.2, -0.15) is 0 Å². The molecule has 18 heavy (non-hydrogen) atoms. The van der Waals surface area contributed by atoms with Crippen molar-refractivity contribution in [3.05, 3.63) is 0 Å². The third-order valence-electron chi connectivity index (χ3n) is 3.18. The molecule has 0 saturated heterocycles. The van der Waals surface area contributed by atoms with Crippen LogP contribution in [0.4, 0.5) is 0 Å². The summed E-state index contributed by atoms with van der Waals surface area (Å²) in [5.41, 5.74) is -1.10. The van der Waals surface area contributed by atoms with Gasteiger partial charge in [0.15, 0.2) is 0 Å². The summed E-state index contributed by atoms with van der Waals surface area (Å²) in [6.45, 7) is 5.30. The molecule has 0 radical (unpaired) electrons.